The van der Waals surface area contributed by atoms with Crippen LogP contribution in [0, 0.1) is 0 Å². The molecule has 0 unspecified atom stereocenters. The number of benzene rings is 1. The van der Waals surface area contributed by atoms with Crippen molar-refractivity contribution in [1.82, 2.24) is 10.2 Å². The number of carboxylic acid groups (broad SMARTS) is 1. The molecule has 0 aliphatic rings. The van der Waals surface area contributed by atoms with Gasteiger partial charge >= 0.3 is 5.97 Å². The summed E-state index contributed by atoms with van der Waals surface area (Å²) in [6.07, 6.45) is 0. The number of hydrogen-bond donors (Lipinski definition) is 2. The molecule has 0 amide bonds. The normalized spacial score (nSPS) is 11.1. The molecule has 7 nitrogen and oxygen atoms in total. The predicted octanol–water partition coefficient (Wildman–Crippen LogP) is 1.77. The van der Waals surface area contributed by atoms with E-state index in [-0.39, 0.29) is 22.3 Å². The van der Waals surface area contributed by atoms with Gasteiger partial charge in [-0.25, -0.2) is 13.2 Å². The highest BCUT2D eigenvalue weighted by Crippen LogP contribution is 2.13. The highest BCUT2D eigenvalue weighted by Gasteiger charge is 2.14. The van der Waals surface area contributed by atoms with Crippen LogP contribution in [0.3, 0.4) is 0 Å². The van der Waals surface area contributed by atoms with Gasteiger partial charge in [0.15, 0.2) is 11.0 Å². The van der Waals surface area contributed by atoms with Gasteiger partial charge in [-0.15, -0.1) is 10.2 Å². The number of anilines is 1. The lowest BCUT2D eigenvalue weighted by molar-refractivity contribution is 0.0696. The highest BCUT2D eigenvalue weighted by molar-refractivity contribution is 7.91. The number of carbonyl (C=O) groups is 1. The standard InChI is InChI=1S/C12H10ClN3O4S/c13-10-4-5-11(15-14-10)16-21(19,20)7-8-2-1-3-9(6-8)12(17)18/h1-6H,7H2,(H,15,16)(H,17,18). The Morgan fingerprint density at radius 1 is 1.24 bits per heavy atom. The lowest BCUT2D eigenvalue weighted by Crippen LogP contribution is -2.16. The van der Waals surface area contributed by atoms with Gasteiger partial charge in [0.2, 0.25) is 10.0 Å². The summed E-state index contributed by atoms with van der Waals surface area (Å²) in [6.45, 7) is 0. The first-order chi connectivity index (χ1) is 9.85. The minimum absolute atomic E-state index is 0.0222. The number of halogens is 1. The Bertz CT molecular complexity index is 762. The van der Waals surface area contributed by atoms with Gasteiger partial charge in [0.1, 0.15) is 0 Å². The van der Waals surface area contributed by atoms with E-state index in [1.807, 2.05) is 0 Å². The third-order valence-electron chi connectivity index (χ3n) is 2.42. The van der Waals surface area contributed by atoms with Crippen LogP contribution in [0.4, 0.5) is 5.82 Å². The van der Waals surface area contributed by atoms with Crippen LogP contribution in [-0.2, 0) is 15.8 Å². The molecule has 1 aromatic carbocycles. The quantitative estimate of drug-likeness (QED) is 0.866. The fourth-order valence-corrected chi connectivity index (χ4v) is 2.80. The van der Waals surface area contributed by atoms with Crippen molar-refractivity contribution in [3.05, 3.63) is 52.7 Å². The van der Waals surface area contributed by atoms with Gasteiger partial charge < -0.3 is 5.11 Å². The fourth-order valence-electron chi connectivity index (χ4n) is 1.58. The maximum Gasteiger partial charge on any atom is 0.335 e. The zero-order chi connectivity index (χ0) is 15.5. The van der Waals surface area contributed by atoms with Crippen molar-refractivity contribution in [2.75, 3.05) is 4.72 Å². The number of rotatable bonds is 5. The number of nitrogens with zero attached hydrogens (tertiary/aromatic N) is 2. The van der Waals surface area contributed by atoms with E-state index in [1.165, 1.54) is 36.4 Å². The summed E-state index contributed by atoms with van der Waals surface area (Å²) in [7, 11) is -3.73. The zero-order valence-corrected chi connectivity index (χ0v) is 12.1. The predicted molar refractivity (Wildman–Crippen MR) is 76.7 cm³/mol. The van der Waals surface area contributed by atoms with Crippen molar-refractivity contribution >= 4 is 33.4 Å². The lowest BCUT2D eigenvalue weighted by Gasteiger charge is -2.07. The molecule has 0 aliphatic heterocycles. The van der Waals surface area contributed by atoms with Crippen molar-refractivity contribution in [1.29, 1.82) is 0 Å². The first-order valence-corrected chi connectivity index (χ1v) is 7.71. The number of aromatic nitrogens is 2. The monoisotopic (exact) mass is 327 g/mol. The Labute approximate surface area is 125 Å². The lowest BCUT2D eigenvalue weighted by atomic mass is 10.1. The molecule has 0 spiro atoms. The molecular formula is C12H10ClN3O4S. The maximum absolute atomic E-state index is 12.0. The molecule has 9 heteroatoms. The van der Waals surface area contributed by atoms with E-state index in [2.05, 4.69) is 14.9 Å². The van der Waals surface area contributed by atoms with E-state index >= 15 is 0 Å². The molecule has 0 atom stereocenters. The van der Waals surface area contributed by atoms with E-state index in [4.69, 9.17) is 16.7 Å². The van der Waals surface area contributed by atoms with Gasteiger partial charge in [0.05, 0.1) is 11.3 Å². The van der Waals surface area contributed by atoms with E-state index in [0.717, 1.165) is 0 Å². The molecule has 0 saturated carbocycles. The van der Waals surface area contributed by atoms with Crippen LogP contribution < -0.4 is 4.72 Å². The Morgan fingerprint density at radius 3 is 2.62 bits per heavy atom. The minimum atomic E-state index is -3.73. The van der Waals surface area contributed by atoms with Crippen LogP contribution in [0.2, 0.25) is 5.15 Å². The largest absolute Gasteiger partial charge is 0.478 e. The number of nitrogens with one attached hydrogen (secondary N) is 1. The summed E-state index contributed by atoms with van der Waals surface area (Å²) in [6, 6.07) is 8.47. The third-order valence-corrected chi connectivity index (χ3v) is 3.86. The van der Waals surface area contributed by atoms with Crippen molar-refractivity contribution in [3.8, 4) is 0 Å². The van der Waals surface area contributed by atoms with E-state index in [1.54, 1.807) is 0 Å². The molecule has 0 radical (unpaired) electrons. The average Bonchev–Trinajstić information content (AvgIpc) is 2.41. The van der Waals surface area contributed by atoms with E-state index < -0.39 is 16.0 Å². The molecule has 1 heterocycles. The molecule has 0 bridgehead atoms. The summed E-state index contributed by atoms with van der Waals surface area (Å²) < 4.78 is 26.2. The van der Waals surface area contributed by atoms with Gasteiger partial charge in [0.25, 0.3) is 0 Å². The Morgan fingerprint density at radius 2 is 2.00 bits per heavy atom. The first-order valence-electron chi connectivity index (χ1n) is 5.68. The van der Waals surface area contributed by atoms with Crippen LogP contribution in [0.25, 0.3) is 0 Å². The molecule has 110 valence electrons. The Hall–Kier alpha value is -2.19. The minimum Gasteiger partial charge on any atom is -0.478 e. The number of sulfonamides is 1. The number of aromatic carboxylic acids is 1. The van der Waals surface area contributed by atoms with Crippen molar-refractivity contribution in [3.63, 3.8) is 0 Å². The molecule has 0 aliphatic carbocycles. The summed E-state index contributed by atoms with van der Waals surface area (Å²) in [4.78, 5) is 10.8. The second-order valence-electron chi connectivity index (χ2n) is 4.11. The van der Waals surface area contributed by atoms with E-state index in [9.17, 15) is 13.2 Å². The smallest absolute Gasteiger partial charge is 0.335 e. The van der Waals surface area contributed by atoms with Crippen LogP contribution in [0.5, 0.6) is 0 Å². The third kappa shape index (κ3) is 4.40. The molecule has 2 N–H and O–H groups in total. The second-order valence-corrected chi connectivity index (χ2v) is 6.22. The first kappa shape index (κ1) is 15.2. The molecule has 0 fully saturated rings. The van der Waals surface area contributed by atoms with Crippen molar-refractivity contribution in [2.45, 2.75) is 5.75 Å². The SMILES string of the molecule is O=C(O)c1cccc(CS(=O)(=O)Nc2ccc(Cl)nn2)c1. The van der Waals surface area contributed by atoms with Gasteiger partial charge in [-0.2, -0.15) is 0 Å². The molecular weight excluding hydrogens is 318 g/mol. The van der Waals surface area contributed by atoms with Crippen LogP contribution in [-0.4, -0.2) is 29.7 Å². The summed E-state index contributed by atoms with van der Waals surface area (Å²) in [5.41, 5.74) is 0.373. The molecule has 21 heavy (non-hydrogen) atoms. The van der Waals surface area contributed by atoms with Crippen LogP contribution in [0.1, 0.15) is 15.9 Å². The molecule has 1 aromatic heterocycles. The summed E-state index contributed by atoms with van der Waals surface area (Å²) in [5.74, 6) is -1.46. The van der Waals surface area contributed by atoms with E-state index in [0.29, 0.717) is 5.56 Å². The maximum atomic E-state index is 12.0. The average molecular weight is 328 g/mol. The summed E-state index contributed by atoms with van der Waals surface area (Å²) in [5, 5.41) is 16.1. The fraction of sp³-hybridized carbons (Fsp3) is 0.0833. The van der Waals surface area contributed by atoms with Gasteiger partial charge in [-0.1, -0.05) is 23.7 Å². The Balaban J connectivity index is 2.15. The van der Waals surface area contributed by atoms with Crippen molar-refractivity contribution < 1.29 is 18.3 Å². The summed E-state index contributed by atoms with van der Waals surface area (Å²) >= 11 is 5.55. The van der Waals surface area contributed by atoms with Crippen molar-refractivity contribution in [2.24, 2.45) is 0 Å². The molecule has 0 saturated heterocycles. The van der Waals surface area contributed by atoms with Gasteiger partial charge in [-0.3, -0.25) is 4.72 Å². The Kier molecular flexibility index (Phi) is 4.39. The molecule has 2 aromatic rings. The highest BCUT2D eigenvalue weighted by atomic mass is 35.5. The topological polar surface area (TPSA) is 109 Å². The number of carboxylic acids is 1. The zero-order valence-electron chi connectivity index (χ0n) is 10.5. The van der Waals surface area contributed by atoms with Gasteiger partial charge in [-0.05, 0) is 29.8 Å². The van der Waals surface area contributed by atoms with Crippen LogP contribution >= 0.6 is 11.6 Å². The van der Waals surface area contributed by atoms with Gasteiger partial charge in [0, 0.05) is 0 Å². The molecule has 2 rings (SSSR count). The number of hydrogen-bond acceptors (Lipinski definition) is 5. The second kappa shape index (κ2) is 6.06. The van der Waals surface area contributed by atoms with Crippen LogP contribution in [0.15, 0.2) is 36.4 Å².